The summed E-state index contributed by atoms with van der Waals surface area (Å²) in [6.07, 6.45) is 3.98. The second kappa shape index (κ2) is 8.78. The van der Waals surface area contributed by atoms with Crippen molar-refractivity contribution in [1.29, 1.82) is 0 Å². The molecule has 1 aromatic heterocycles. The molecular weight excluding hydrogens is 508 g/mol. The van der Waals surface area contributed by atoms with Gasteiger partial charge in [-0.25, -0.2) is 0 Å². The third kappa shape index (κ3) is 3.23. The number of para-hydroxylation sites is 2. The zero-order valence-corrected chi connectivity index (χ0v) is 21.9. The maximum Gasteiger partial charge on any atom is 0.238 e. The summed E-state index contributed by atoms with van der Waals surface area (Å²) in [6.45, 7) is 0. The quantitative estimate of drug-likeness (QED) is 0.338. The van der Waals surface area contributed by atoms with Crippen LogP contribution < -0.4 is 15.0 Å². The van der Waals surface area contributed by atoms with Crippen LogP contribution in [0, 0.1) is 5.92 Å². The van der Waals surface area contributed by atoms with E-state index in [9.17, 15) is 14.4 Å². The highest BCUT2D eigenvalue weighted by Crippen LogP contribution is 2.58. The molecule has 39 heavy (non-hydrogen) atoms. The highest BCUT2D eigenvalue weighted by molar-refractivity contribution is 7.12. The minimum atomic E-state index is -1.32. The van der Waals surface area contributed by atoms with E-state index in [1.54, 1.807) is 37.4 Å². The summed E-state index contributed by atoms with van der Waals surface area (Å²) in [5.41, 5.74) is 2.25. The standard InChI is InChI=1S/C32H24N2O4S/c1-38-21-10-6-9-20(18-21)29(35)27-28(30(36)25-14-7-17-39-25)34-24-13-5-2-8-19(24)15-16-26(34)32(27)22-11-3-4-12-23(22)33-31(32)37/h2-18,26-28H,1H3,(H,33,37)/t26-,27-,28+,32+/m0/s1. The molecule has 0 aliphatic carbocycles. The number of hydrogen-bond acceptors (Lipinski definition) is 6. The molecule has 0 bridgehead atoms. The van der Waals surface area contributed by atoms with Crippen LogP contribution >= 0.6 is 11.3 Å². The van der Waals surface area contributed by atoms with Gasteiger partial charge in [-0.05, 0) is 46.8 Å². The highest BCUT2D eigenvalue weighted by atomic mass is 32.1. The minimum Gasteiger partial charge on any atom is -0.497 e. The second-order valence-corrected chi connectivity index (χ2v) is 10.9. The third-order valence-corrected chi connectivity index (χ3v) is 9.10. The molecule has 4 aromatic rings. The largest absolute Gasteiger partial charge is 0.497 e. The van der Waals surface area contributed by atoms with Gasteiger partial charge in [0.05, 0.1) is 23.9 Å². The Bertz CT molecular complexity index is 1680. The Morgan fingerprint density at radius 3 is 2.59 bits per heavy atom. The van der Waals surface area contributed by atoms with E-state index in [1.165, 1.54) is 11.3 Å². The molecule has 1 fully saturated rings. The van der Waals surface area contributed by atoms with Crippen LogP contribution in [0.3, 0.4) is 0 Å². The van der Waals surface area contributed by atoms with E-state index in [-0.39, 0.29) is 17.5 Å². The van der Waals surface area contributed by atoms with E-state index in [0.717, 1.165) is 16.8 Å². The summed E-state index contributed by atoms with van der Waals surface area (Å²) in [7, 11) is 1.55. The number of fused-ring (bicyclic) bond motifs is 6. The lowest BCUT2D eigenvalue weighted by Gasteiger charge is -2.37. The number of thiophene rings is 1. The first-order valence-electron chi connectivity index (χ1n) is 12.8. The lowest BCUT2D eigenvalue weighted by atomic mass is 9.64. The number of rotatable bonds is 5. The molecule has 1 spiro atoms. The molecule has 0 saturated carbocycles. The van der Waals surface area contributed by atoms with Crippen LogP contribution in [0.2, 0.25) is 0 Å². The summed E-state index contributed by atoms with van der Waals surface area (Å²) < 4.78 is 5.42. The van der Waals surface area contributed by atoms with E-state index in [2.05, 4.69) is 5.32 Å². The van der Waals surface area contributed by atoms with Crippen LogP contribution in [0.4, 0.5) is 11.4 Å². The summed E-state index contributed by atoms with van der Waals surface area (Å²) >= 11 is 1.35. The normalized spacial score (nSPS) is 24.2. The van der Waals surface area contributed by atoms with Gasteiger partial charge in [-0.1, -0.05) is 66.7 Å². The van der Waals surface area contributed by atoms with Gasteiger partial charge in [0, 0.05) is 16.9 Å². The number of anilines is 2. The first kappa shape index (κ1) is 23.6. The minimum absolute atomic E-state index is 0.171. The monoisotopic (exact) mass is 532 g/mol. The van der Waals surface area contributed by atoms with Gasteiger partial charge in [0.25, 0.3) is 0 Å². The fourth-order valence-electron chi connectivity index (χ4n) is 6.64. The average Bonchev–Trinajstić information content (AvgIpc) is 3.69. The van der Waals surface area contributed by atoms with Gasteiger partial charge in [-0.15, -0.1) is 11.3 Å². The van der Waals surface area contributed by atoms with E-state index in [0.29, 0.717) is 21.9 Å². The summed E-state index contributed by atoms with van der Waals surface area (Å²) in [5, 5.41) is 4.91. The van der Waals surface area contributed by atoms with Gasteiger partial charge in [0.1, 0.15) is 17.2 Å². The first-order chi connectivity index (χ1) is 19.1. The van der Waals surface area contributed by atoms with Gasteiger partial charge < -0.3 is 15.0 Å². The van der Waals surface area contributed by atoms with Crippen molar-refractivity contribution in [2.45, 2.75) is 17.5 Å². The molecule has 1 N–H and O–H groups in total. The van der Waals surface area contributed by atoms with Gasteiger partial charge in [-0.3, -0.25) is 14.4 Å². The van der Waals surface area contributed by atoms with Crippen molar-refractivity contribution in [1.82, 2.24) is 0 Å². The van der Waals surface area contributed by atoms with Crippen molar-refractivity contribution in [3.8, 4) is 5.75 Å². The number of nitrogens with zero attached hydrogens (tertiary/aromatic N) is 1. The number of benzene rings is 3. The molecule has 0 radical (unpaired) electrons. The number of nitrogens with one attached hydrogen (secondary N) is 1. The van der Waals surface area contributed by atoms with Crippen molar-refractivity contribution in [3.63, 3.8) is 0 Å². The highest BCUT2D eigenvalue weighted by Gasteiger charge is 2.70. The number of ketones is 2. The molecule has 6 nitrogen and oxygen atoms in total. The Balaban J connectivity index is 1.54. The van der Waals surface area contributed by atoms with E-state index in [1.807, 2.05) is 77.0 Å². The van der Waals surface area contributed by atoms with Crippen LogP contribution in [-0.4, -0.2) is 36.7 Å². The Kier molecular flexibility index (Phi) is 5.32. The molecule has 4 atom stereocenters. The summed E-state index contributed by atoms with van der Waals surface area (Å²) in [5.74, 6) is -1.17. The number of carbonyl (C=O) groups excluding carboxylic acids is 3. The van der Waals surface area contributed by atoms with Crippen LogP contribution in [-0.2, 0) is 10.2 Å². The molecule has 0 unspecified atom stereocenters. The number of amides is 1. The molecule has 3 aliphatic heterocycles. The zero-order valence-electron chi connectivity index (χ0n) is 21.0. The van der Waals surface area contributed by atoms with Crippen LogP contribution in [0.25, 0.3) is 6.08 Å². The average molecular weight is 533 g/mol. The fourth-order valence-corrected chi connectivity index (χ4v) is 7.34. The molecule has 3 aliphatic rings. The molecular formula is C32H24N2O4S. The first-order valence-corrected chi connectivity index (χ1v) is 13.7. The van der Waals surface area contributed by atoms with Gasteiger partial charge in [-0.2, -0.15) is 0 Å². The van der Waals surface area contributed by atoms with Crippen molar-refractivity contribution in [2.75, 3.05) is 17.3 Å². The number of methoxy groups -OCH3 is 1. The lowest BCUT2D eigenvalue weighted by molar-refractivity contribution is -0.121. The van der Waals surface area contributed by atoms with Crippen molar-refractivity contribution in [2.24, 2.45) is 5.92 Å². The number of carbonyl (C=O) groups is 3. The van der Waals surface area contributed by atoms with Gasteiger partial charge >= 0.3 is 0 Å². The van der Waals surface area contributed by atoms with Crippen molar-refractivity contribution in [3.05, 3.63) is 118 Å². The van der Waals surface area contributed by atoms with E-state index < -0.39 is 23.4 Å². The predicted octanol–water partition coefficient (Wildman–Crippen LogP) is 5.61. The zero-order chi connectivity index (χ0) is 26.7. The molecule has 1 saturated heterocycles. The van der Waals surface area contributed by atoms with Crippen LogP contribution in [0.1, 0.15) is 31.2 Å². The smallest absolute Gasteiger partial charge is 0.238 e. The second-order valence-electron chi connectivity index (χ2n) is 10.00. The Hall–Kier alpha value is -4.49. The van der Waals surface area contributed by atoms with E-state index in [4.69, 9.17) is 4.74 Å². The number of hydrogen-bond donors (Lipinski definition) is 1. The van der Waals surface area contributed by atoms with Gasteiger partial charge in [0.2, 0.25) is 5.91 Å². The van der Waals surface area contributed by atoms with Crippen molar-refractivity contribution < 1.29 is 19.1 Å². The molecule has 192 valence electrons. The SMILES string of the molecule is COc1cccc(C(=O)[C@@H]2[C@H](C(=O)c3cccs3)N3c4ccccc4C=C[C@H]3[C@@]23C(=O)Nc2ccccc23)c1. The molecule has 7 rings (SSSR count). The number of ether oxygens (including phenoxy) is 1. The van der Waals surface area contributed by atoms with Crippen LogP contribution in [0.15, 0.2) is 96.4 Å². The summed E-state index contributed by atoms with van der Waals surface area (Å²) in [6, 6.07) is 24.4. The van der Waals surface area contributed by atoms with Gasteiger partial charge in [0.15, 0.2) is 11.6 Å². The van der Waals surface area contributed by atoms with E-state index >= 15 is 0 Å². The molecule has 4 heterocycles. The number of Topliss-reactive ketones (excluding diaryl/α,β-unsaturated/α-hetero) is 2. The molecule has 7 heteroatoms. The Morgan fingerprint density at radius 1 is 0.949 bits per heavy atom. The summed E-state index contributed by atoms with van der Waals surface area (Å²) in [4.78, 5) is 46.0. The maximum atomic E-state index is 14.7. The van der Waals surface area contributed by atoms with Crippen molar-refractivity contribution >= 4 is 46.3 Å². The Labute approximate surface area is 229 Å². The maximum absolute atomic E-state index is 14.7. The lowest BCUT2D eigenvalue weighted by Crippen LogP contribution is -2.51. The molecule has 1 amide bonds. The van der Waals surface area contributed by atoms with Crippen LogP contribution in [0.5, 0.6) is 5.75 Å². The fraction of sp³-hybridized carbons (Fsp3) is 0.156. The third-order valence-electron chi connectivity index (χ3n) is 8.21. The molecule has 3 aromatic carbocycles. The Morgan fingerprint density at radius 2 is 1.77 bits per heavy atom. The topological polar surface area (TPSA) is 75.7 Å². The predicted molar refractivity (Wildman–Crippen MR) is 152 cm³/mol.